The third-order valence-electron chi connectivity index (χ3n) is 5.26. The molecule has 1 aliphatic heterocycles. The fourth-order valence-corrected chi connectivity index (χ4v) is 3.64. The number of aromatic nitrogens is 1. The molecule has 152 valence electrons. The SMILES string of the molecule is CCN1CCN(c2nc(C=Cc3ccccc3OCCO)cc3ccoc23)CC1. The third-order valence-corrected chi connectivity index (χ3v) is 5.26. The van der Waals surface area contributed by atoms with Gasteiger partial charge in [-0.2, -0.15) is 0 Å². The summed E-state index contributed by atoms with van der Waals surface area (Å²) in [6.45, 7) is 7.52. The minimum atomic E-state index is -0.00852. The van der Waals surface area contributed by atoms with E-state index in [1.165, 1.54) is 0 Å². The van der Waals surface area contributed by atoms with Gasteiger partial charge in [-0.1, -0.05) is 25.1 Å². The first kappa shape index (κ1) is 19.5. The number of para-hydroxylation sites is 1. The molecule has 2 aromatic heterocycles. The van der Waals surface area contributed by atoms with Crippen LogP contribution in [0.2, 0.25) is 0 Å². The van der Waals surface area contributed by atoms with Crippen molar-refractivity contribution in [2.75, 3.05) is 50.8 Å². The van der Waals surface area contributed by atoms with Crippen molar-refractivity contribution in [3.05, 3.63) is 53.9 Å². The molecule has 0 atom stereocenters. The normalized spacial score (nSPS) is 15.4. The maximum Gasteiger partial charge on any atom is 0.176 e. The van der Waals surface area contributed by atoms with Gasteiger partial charge in [-0.25, -0.2) is 4.98 Å². The first-order valence-corrected chi connectivity index (χ1v) is 10.1. The molecule has 0 amide bonds. The van der Waals surface area contributed by atoms with Crippen LogP contribution < -0.4 is 9.64 Å². The number of hydrogen-bond acceptors (Lipinski definition) is 6. The Labute approximate surface area is 171 Å². The molecule has 6 nitrogen and oxygen atoms in total. The standard InChI is InChI=1S/C23H27N3O3/c1-2-25-10-12-26(13-11-25)23-22-19(9-15-29-22)17-20(24-23)8-7-18-5-3-4-6-21(18)28-16-14-27/h3-9,15,17,27H,2,10-14,16H2,1H3. The Morgan fingerprint density at radius 1 is 1.14 bits per heavy atom. The van der Waals surface area contributed by atoms with E-state index in [-0.39, 0.29) is 13.2 Å². The van der Waals surface area contributed by atoms with Gasteiger partial charge in [0.2, 0.25) is 0 Å². The average molecular weight is 393 g/mol. The number of benzene rings is 1. The van der Waals surface area contributed by atoms with Gasteiger partial charge in [0.1, 0.15) is 12.4 Å². The Balaban J connectivity index is 1.61. The summed E-state index contributed by atoms with van der Waals surface area (Å²) < 4.78 is 11.4. The lowest BCUT2D eigenvalue weighted by Gasteiger charge is -2.34. The zero-order valence-electron chi connectivity index (χ0n) is 16.8. The Bertz CT molecular complexity index is 974. The molecule has 0 aliphatic carbocycles. The zero-order chi connectivity index (χ0) is 20.1. The summed E-state index contributed by atoms with van der Waals surface area (Å²) in [5, 5.41) is 10.1. The number of piperazine rings is 1. The topological polar surface area (TPSA) is 62.0 Å². The molecule has 1 N–H and O–H groups in total. The molecule has 4 rings (SSSR count). The van der Waals surface area contributed by atoms with Crippen molar-refractivity contribution >= 4 is 28.9 Å². The smallest absolute Gasteiger partial charge is 0.176 e. The van der Waals surface area contributed by atoms with E-state index in [2.05, 4.69) is 16.7 Å². The molecule has 0 bridgehead atoms. The summed E-state index contributed by atoms with van der Waals surface area (Å²) in [4.78, 5) is 9.66. The second-order valence-electron chi connectivity index (χ2n) is 7.07. The van der Waals surface area contributed by atoms with E-state index in [9.17, 15) is 0 Å². The number of aliphatic hydroxyl groups excluding tert-OH is 1. The van der Waals surface area contributed by atoms with Gasteiger partial charge in [0.05, 0.1) is 18.6 Å². The summed E-state index contributed by atoms with van der Waals surface area (Å²) in [7, 11) is 0. The van der Waals surface area contributed by atoms with Crippen molar-refractivity contribution in [1.82, 2.24) is 9.88 Å². The van der Waals surface area contributed by atoms with Crippen LogP contribution in [-0.4, -0.2) is 60.9 Å². The first-order chi connectivity index (χ1) is 14.3. The highest BCUT2D eigenvalue weighted by Crippen LogP contribution is 2.29. The van der Waals surface area contributed by atoms with Crippen molar-refractivity contribution in [2.24, 2.45) is 0 Å². The molecule has 0 spiro atoms. The predicted octanol–water partition coefficient (Wildman–Crippen LogP) is 3.51. The molecule has 3 heterocycles. The number of likely N-dealkylation sites (N-methyl/N-ethyl adjacent to an activating group) is 1. The number of furan rings is 1. The lowest BCUT2D eigenvalue weighted by molar-refractivity contribution is 0.201. The zero-order valence-corrected chi connectivity index (χ0v) is 16.8. The average Bonchev–Trinajstić information content (AvgIpc) is 3.25. The summed E-state index contributed by atoms with van der Waals surface area (Å²) in [6, 6.07) is 11.8. The van der Waals surface area contributed by atoms with Crippen LogP contribution in [0.1, 0.15) is 18.2 Å². The number of hydrogen-bond donors (Lipinski definition) is 1. The van der Waals surface area contributed by atoms with Crippen LogP contribution in [-0.2, 0) is 0 Å². The highest BCUT2D eigenvalue weighted by molar-refractivity contribution is 5.89. The van der Waals surface area contributed by atoms with Gasteiger partial charge >= 0.3 is 0 Å². The number of fused-ring (bicyclic) bond motifs is 1. The highest BCUT2D eigenvalue weighted by atomic mass is 16.5. The van der Waals surface area contributed by atoms with Gasteiger partial charge in [-0.05, 0) is 36.9 Å². The Morgan fingerprint density at radius 2 is 1.97 bits per heavy atom. The lowest BCUT2D eigenvalue weighted by Crippen LogP contribution is -2.46. The van der Waals surface area contributed by atoms with Gasteiger partial charge in [0.15, 0.2) is 11.4 Å². The van der Waals surface area contributed by atoms with Crippen LogP contribution >= 0.6 is 0 Å². The summed E-state index contributed by atoms with van der Waals surface area (Å²) in [5.74, 6) is 1.66. The van der Waals surface area contributed by atoms with Crippen LogP contribution in [0.25, 0.3) is 23.1 Å². The molecular weight excluding hydrogens is 366 g/mol. The number of rotatable bonds is 7. The van der Waals surface area contributed by atoms with Gasteiger partial charge < -0.3 is 24.1 Å². The molecule has 0 saturated carbocycles. The van der Waals surface area contributed by atoms with Gasteiger partial charge in [-0.15, -0.1) is 0 Å². The van der Waals surface area contributed by atoms with Gasteiger partial charge in [0.25, 0.3) is 0 Å². The predicted molar refractivity (Wildman–Crippen MR) is 116 cm³/mol. The molecule has 29 heavy (non-hydrogen) atoms. The van der Waals surface area contributed by atoms with Crippen LogP contribution in [0.15, 0.2) is 47.1 Å². The highest BCUT2D eigenvalue weighted by Gasteiger charge is 2.20. The third kappa shape index (κ3) is 4.44. The number of nitrogens with zero attached hydrogens (tertiary/aromatic N) is 3. The molecule has 1 saturated heterocycles. The van der Waals surface area contributed by atoms with E-state index in [4.69, 9.17) is 19.2 Å². The molecule has 0 radical (unpaired) electrons. The van der Waals surface area contributed by atoms with E-state index in [1.54, 1.807) is 6.26 Å². The minimum Gasteiger partial charge on any atom is -0.491 e. The molecule has 0 unspecified atom stereocenters. The summed E-state index contributed by atoms with van der Waals surface area (Å²) in [5.41, 5.74) is 2.68. The molecule has 1 fully saturated rings. The monoisotopic (exact) mass is 393 g/mol. The molecule has 1 aliphatic rings. The quantitative estimate of drug-likeness (QED) is 0.663. The Kier molecular flexibility index (Phi) is 6.12. The van der Waals surface area contributed by atoms with Crippen LogP contribution in [0.3, 0.4) is 0 Å². The van der Waals surface area contributed by atoms with E-state index < -0.39 is 0 Å². The van der Waals surface area contributed by atoms with Crippen molar-refractivity contribution in [3.63, 3.8) is 0 Å². The van der Waals surface area contributed by atoms with Crippen LogP contribution in [0.5, 0.6) is 5.75 Å². The van der Waals surface area contributed by atoms with Gasteiger partial charge in [-0.3, -0.25) is 0 Å². The van der Waals surface area contributed by atoms with Crippen molar-refractivity contribution < 1.29 is 14.3 Å². The fourth-order valence-electron chi connectivity index (χ4n) is 3.64. The number of ether oxygens (including phenoxy) is 1. The molecule has 1 aromatic carbocycles. The largest absolute Gasteiger partial charge is 0.491 e. The second kappa shape index (κ2) is 9.11. The van der Waals surface area contributed by atoms with Crippen molar-refractivity contribution in [2.45, 2.75) is 6.92 Å². The molecule has 3 aromatic rings. The second-order valence-corrected chi connectivity index (χ2v) is 7.07. The Hall–Kier alpha value is -2.83. The van der Waals surface area contributed by atoms with Crippen molar-refractivity contribution in [1.29, 1.82) is 0 Å². The van der Waals surface area contributed by atoms with E-state index >= 15 is 0 Å². The molecular formula is C23H27N3O3. The first-order valence-electron chi connectivity index (χ1n) is 10.1. The van der Waals surface area contributed by atoms with Crippen molar-refractivity contribution in [3.8, 4) is 5.75 Å². The number of anilines is 1. The molecule has 6 heteroatoms. The maximum absolute atomic E-state index is 9.02. The van der Waals surface area contributed by atoms with Crippen LogP contribution in [0, 0.1) is 0 Å². The number of pyridine rings is 1. The lowest BCUT2D eigenvalue weighted by atomic mass is 10.1. The fraction of sp³-hybridized carbons (Fsp3) is 0.348. The summed E-state index contributed by atoms with van der Waals surface area (Å²) in [6.07, 6.45) is 5.72. The van der Waals surface area contributed by atoms with Gasteiger partial charge in [0, 0.05) is 37.1 Å². The van der Waals surface area contributed by atoms with E-state index in [0.29, 0.717) is 0 Å². The van der Waals surface area contributed by atoms with Crippen LogP contribution in [0.4, 0.5) is 5.82 Å². The van der Waals surface area contributed by atoms with E-state index in [0.717, 1.165) is 66.5 Å². The summed E-state index contributed by atoms with van der Waals surface area (Å²) >= 11 is 0. The van der Waals surface area contributed by atoms with E-state index in [1.807, 2.05) is 48.6 Å². The number of aliphatic hydroxyl groups is 1. The maximum atomic E-state index is 9.02. The Morgan fingerprint density at radius 3 is 2.76 bits per heavy atom. The minimum absolute atomic E-state index is 0.00852.